The molecule has 1 aliphatic rings. The minimum atomic E-state index is -0.442. The summed E-state index contributed by atoms with van der Waals surface area (Å²) in [5.74, 6) is -0.0404. The molecule has 0 bridgehead atoms. The monoisotopic (exact) mass is 334 g/mol. The highest BCUT2D eigenvalue weighted by Gasteiger charge is 2.31. The molecule has 3 rings (SSSR count). The third kappa shape index (κ3) is 2.86. The van der Waals surface area contributed by atoms with Crippen LogP contribution in [-0.2, 0) is 11.3 Å². The second-order valence-corrected chi connectivity index (χ2v) is 6.67. The van der Waals surface area contributed by atoms with Crippen LogP contribution in [0, 0.1) is 24.0 Å². The topological polar surface area (TPSA) is 81.3 Å². The summed E-state index contributed by atoms with van der Waals surface area (Å²) in [7, 11) is 0. The number of aromatic nitrogens is 2. The van der Waals surface area contributed by atoms with E-state index in [0.29, 0.717) is 11.4 Å². The summed E-state index contributed by atoms with van der Waals surface area (Å²) in [5.41, 5.74) is 0.762. The van der Waals surface area contributed by atoms with Crippen LogP contribution in [0.4, 0.5) is 5.69 Å². The Morgan fingerprint density at radius 1 is 1.52 bits per heavy atom. The first-order chi connectivity index (χ1) is 11.0. The number of nitro groups is 1. The molecule has 0 spiro atoms. The van der Waals surface area contributed by atoms with Gasteiger partial charge in [-0.2, -0.15) is 5.10 Å². The molecule has 0 aromatic carbocycles. The Morgan fingerprint density at radius 3 is 2.91 bits per heavy atom. The molecular weight excluding hydrogens is 316 g/mol. The molecule has 1 atom stereocenters. The van der Waals surface area contributed by atoms with Crippen LogP contribution < -0.4 is 0 Å². The normalized spacial score (nSPS) is 17.7. The number of thiophene rings is 1. The molecule has 7 nitrogen and oxygen atoms in total. The number of nitrogens with zero attached hydrogens (tertiary/aromatic N) is 4. The lowest BCUT2D eigenvalue weighted by molar-refractivity contribution is -0.386. The molecule has 0 saturated carbocycles. The maximum Gasteiger partial charge on any atom is 0.312 e. The Kier molecular flexibility index (Phi) is 4.16. The molecule has 122 valence electrons. The van der Waals surface area contributed by atoms with Crippen molar-refractivity contribution in [1.82, 2.24) is 14.7 Å². The van der Waals surface area contributed by atoms with Gasteiger partial charge in [0.1, 0.15) is 17.9 Å². The SMILES string of the molecule is Cc1nn(CC(=O)N2CCCC2c2cccs2)c(C)c1[N+](=O)[O-]. The van der Waals surface area contributed by atoms with Gasteiger partial charge in [-0.1, -0.05) is 6.07 Å². The van der Waals surface area contributed by atoms with Gasteiger partial charge in [0.15, 0.2) is 0 Å². The van der Waals surface area contributed by atoms with E-state index in [1.807, 2.05) is 16.3 Å². The fourth-order valence-electron chi connectivity index (χ4n) is 3.17. The van der Waals surface area contributed by atoms with Gasteiger partial charge in [-0.3, -0.25) is 19.6 Å². The van der Waals surface area contributed by atoms with Crippen molar-refractivity contribution < 1.29 is 9.72 Å². The molecule has 2 aromatic rings. The van der Waals surface area contributed by atoms with Crippen molar-refractivity contribution in [3.8, 4) is 0 Å². The molecule has 2 aromatic heterocycles. The average molecular weight is 334 g/mol. The highest BCUT2D eigenvalue weighted by atomic mass is 32.1. The van der Waals surface area contributed by atoms with Crippen molar-refractivity contribution >= 4 is 22.9 Å². The van der Waals surface area contributed by atoms with Crippen LogP contribution in [0.5, 0.6) is 0 Å². The van der Waals surface area contributed by atoms with Gasteiger partial charge in [0.05, 0.1) is 11.0 Å². The summed E-state index contributed by atoms with van der Waals surface area (Å²) in [6.07, 6.45) is 1.94. The quantitative estimate of drug-likeness (QED) is 0.636. The molecule has 1 fully saturated rings. The summed E-state index contributed by atoms with van der Waals surface area (Å²) in [4.78, 5) is 26.3. The minimum absolute atomic E-state index is 0.00553. The summed E-state index contributed by atoms with van der Waals surface area (Å²) in [6, 6.07) is 4.16. The molecule has 0 aliphatic carbocycles. The third-order valence-corrected chi connectivity index (χ3v) is 5.23. The first-order valence-electron chi connectivity index (χ1n) is 7.50. The number of likely N-dealkylation sites (tertiary alicyclic amines) is 1. The second kappa shape index (κ2) is 6.11. The Bertz CT molecular complexity index is 738. The van der Waals surface area contributed by atoms with Crippen molar-refractivity contribution in [2.75, 3.05) is 6.54 Å². The van der Waals surface area contributed by atoms with Crippen molar-refractivity contribution in [3.63, 3.8) is 0 Å². The van der Waals surface area contributed by atoms with Gasteiger partial charge in [0.25, 0.3) is 0 Å². The van der Waals surface area contributed by atoms with E-state index in [4.69, 9.17) is 0 Å². The van der Waals surface area contributed by atoms with Crippen LogP contribution in [0.2, 0.25) is 0 Å². The molecule has 23 heavy (non-hydrogen) atoms. The maximum absolute atomic E-state index is 12.7. The first-order valence-corrected chi connectivity index (χ1v) is 8.38. The molecule has 0 N–H and O–H groups in total. The van der Waals surface area contributed by atoms with Crippen LogP contribution in [-0.4, -0.2) is 32.1 Å². The number of carbonyl (C=O) groups is 1. The number of rotatable bonds is 4. The van der Waals surface area contributed by atoms with Gasteiger partial charge in [0.2, 0.25) is 5.91 Å². The molecule has 1 unspecified atom stereocenters. The van der Waals surface area contributed by atoms with E-state index in [0.717, 1.165) is 19.4 Å². The lowest BCUT2D eigenvalue weighted by Gasteiger charge is -2.24. The molecule has 1 aliphatic heterocycles. The number of amides is 1. The zero-order chi connectivity index (χ0) is 16.6. The van der Waals surface area contributed by atoms with Crippen molar-refractivity contribution in [1.29, 1.82) is 0 Å². The largest absolute Gasteiger partial charge is 0.333 e. The average Bonchev–Trinajstić information content (AvgIpc) is 3.19. The number of hydrogen-bond acceptors (Lipinski definition) is 5. The Balaban J connectivity index is 1.79. The predicted octanol–water partition coefficient (Wildman–Crippen LogP) is 2.83. The van der Waals surface area contributed by atoms with Crippen molar-refractivity contribution in [3.05, 3.63) is 43.9 Å². The van der Waals surface area contributed by atoms with Crippen LogP contribution >= 0.6 is 11.3 Å². The summed E-state index contributed by atoms with van der Waals surface area (Å²) in [6.45, 7) is 3.99. The molecule has 8 heteroatoms. The van der Waals surface area contributed by atoms with E-state index in [9.17, 15) is 14.9 Å². The third-order valence-electron chi connectivity index (χ3n) is 4.26. The Labute approximate surface area is 137 Å². The van der Waals surface area contributed by atoms with E-state index in [1.165, 1.54) is 9.56 Å². The zero-order valence-corrected chi connectivity index (χ0v) is 13.9. The number of aryl methyl sites for hydroxylation is 1. The molecule has 3 heterocycles. The van der Waals surface area contributed by atoms with Crippen LogP contribution in [0.3, 0.4) is 0 Å². The highest BCUT2D eigenvalue weighted by molar-refractivity contribution is 7.10. The van der Waals surface area contributed by atoms with Gasteiger partial charge >= 0.3 is 5.69 Å². The van der Waals surface area contributed by atoms with Crippen LogP contribution in [0.15, 0.2) is 17.5 Å². The molecule has 0 radical (unpaired) electrons. The minimum Gasteiger partial charge on any atom is -0.333 e. The highest BCUT2D eigenvalue weighted by Crippen LogP contribution is 2.34. The van der Waals surface area contributed by atoms with Crippen LogP contribution in [0.25, 0.3) is 0 Å². The molecule has 1 amide bonds. The van der Waals surface area contributed by atoms with Crippen molar-refractivity contribution in [2.45, 2.75) is 39.3 Å². The van der Waals surface area contributed by atoms with Gasteiger partial charge in [-0.05, 0) is 38.1 Å². The number of carbonyl (C=O) groups excluding carboxylic acids is 1. The van der Waals surface area contributed by atoms with Crippen molar-refractivity contribution in [2.24, 2.45) is 0 Å². The summed E-state index contributed by atoms with van der Waals surface area (Å²) < 4.78 is 1.44. The standard InChI is InChI=1S/C15H18N4O3S/c1-10-15(19(21)22)11(2)18(16-10)9-14(20)17-7-3-5-12(17)13-6-4-8-23-13/h4,6,8,12H,3,5,7,9H2,1-2H3. The smallest absolute Gasteiger partial charge is 0.312 e. The van der Waals surface area contributed by atoms with E-state index in [2.05, 4.69) is 11.2 Å². The number of hydrogen-bond donors (Lipinski definition) is 0. The summed E-state index contributed by atoms with van der Waals surface area (Å²) >= 11 is 1.66. The maximum atomic E-state index is 12.7. The molecular formula is C15H18N4O3S. The zero-order valence-electron chi connectivity index (χ0n) is 13.1. The van der Waals surface area contributed by atoms with E-state index >= 15 is 0 Å². The summed E-state index contributed by atoms with van der Waals surface area (Å²) in [5, 5.41) is 17.2. The first kappa shape index (κ1) is 15.7. The Morgan fingerprint density at radius 2 is 2.30 bits per heavy atom. The van der Waals surface area contributed by atoms with E-state index in [-0.39, 0.29) is 24.2 Å². The lowest BCUT2D eigenvalue weighted by Crippen LogP contribution is -2.33. The second-order valence-electron chi connectivity index (χ2n) is 5.69. The van der Waals surface area contributed by atoms with Gasteiger partial charge in [-0.15, -0.1) is 11.3 Å². The molecule has 1 saturated heterocycles. The fraction of sp³-hybridized carbons (Fsp3) is 0.467. The van der Waals surface area contributed by atoms with E-state index < -0.39 is 4.92 Å². The fourth-order valence-corrected chi connectivity index (χ4v) is 4.04. The van der Waals surface area contributed by atoms with Gasteiger partial charge in [0, 0.05) is 11.4 Å². The van der Waals surface area contributed by atoms with Gasteiger partial charge < -0.3 is 4.90 Å². The van der Waals surface area contributed by atoms with Crippen LogP contribution in [0.1, 0.15) is 35.1 Å². The lowest BCUT2D eigenvalue weighted by atomic mass is 10.2. The predicted molar refractivity (Wildman–Crippen MR) is 86.4 cm³/mol. The van der Waals surface area contributed by atoms with E-state index in [1.54, 1.807) is 25.2 Å². The Hall–Kier alpha value is -2.22. The van der Waals surface area contributed by atoms with Gasteiger partial charge in [-0.25, -0.2) is 0 Å².